The molecule has 0 saturated heterocycles. The average molecular weight is 409 g/mol. The highest BCUT2D eigenvalue weighted by Gasteiger charge is 2.11. The van der Waals surface area contributed by atoms with Crippen LogP contribution in [-0.2, 0) is 11.2 Å². The first kappa shape index (κ1) is 20.7. The lowest BCUT2D eigenvalue weighted by Gasteiger charge is -2.05. The third-order valence-electron chi connectivity index (χ3n) is 4.52. The Balaban J connectivity index is 1.32. The zero-order valence-corrected chi connectivity index (χ0v) is 17.0. The molecule has 0 fully saturated rings. The maximum atomic E-state index is 12.2. The van der Waals surface area contributed by atoms with Crippen LogP contribution in [0, 0.1) is 0 Å². The van der Waals surface area contributed by atoms with Crippen molar-refractivity contribution in [2.45, 2.75) is 32.1 Å². The van der Waals surface area contributed by atoms with Crippen LogP contribution in [0.3, 0.4) is 0 Å². The lowest BCUT2D eigenvalue weighted by molar-refractivity contribution is -0.118. The van der Waals surface area contributed by atoms with Crippen LogP contribution in [0.2, 0.25) is 0 Å². The lowest BCUT2D eigenvalue weighted by Crippen LogP contribution is -2.24. The zero-order valence-electron chi connectivity index (χ0n) is 16.1. The number of ketones is 1. The van der Waals surface area contributed by atoms with Crippen LogP contribution < -0.4 is 11.1 Å². The van der Waals surface area contributed by atoms with Gasteiger partial charge in [-0.3, -0.25) is 14.6 Å². The highest BCUT2D eigenvalue weighted by Crippen LogP contribution is 2.22. The number of nitrogens with one attached hydrogen (secondary N) is 1. The third kappa shape index (κ3) is 6.22. The van der Waals surface area contributed by atoms with Crippen LogP contribution in [0.1, 0.15) is 41.7 Å². The van der Waals surface area contributed by atoms with Gasteiger partial charge in [0.15, 0.2) is 0 Å². The van der Waals surface area contributed by atoms with Crippen LogP contribution in [0.15, 0.2) is 54.2 Å². The second-order valence-electron chi connectivity index (χ2n) is 6.75. The van der Waals surface area contributed by atoms with Crippen molar-refractivity contribution in [3.63, 3.8) is 0 Å². The molecule has 0 spiro atoms. The number of carbonyl (C=O) groups excluding carboxylic acids is 2. The van der Waals surface area contributed by atoms with E-state index in [9.17, 15) is 9.59 Å². The summed E-state index contributed by atoms with van der Waals surface area (Å²) in [5.74, 6) is 0.0234. The predicted molar refractivity (Wildman–Crippen MR) is 116 cm³/mol. The van der Waals surface area contributed by atoms with Crippen LogP contribution >= 0.6 is 11.3 Å². The Morgan fingerprint density at radius 3 is 2.62 bits per heavy atom. The van der Waals surface area contributed by atoms with Crippen molar-refractivity contribution in [3.05, 3.63) is 65.4 Å². The summed E-state index contributed by atoms with van der Waals surface area (Å²) in [4.78, 5) is 32.7. The number of hydrogen-bond acceptors (Lipinski definition) is 6. The van der Waals surface area contributed by atoms with E-state index in [-0.39, 0.29) is 11.7 Å². The summed E-state index contributed by atoms with van der Waals surface area (Å²) < 4.78 is 0. The van der Waals surface area contributed by atoms with E-state index in [4.69, 9.17) is 5.73 Å². The monoisotopic (exact) mass is 408 g/mol. The van der Waals surface area contributed by atoms with E-state index in [1.807, 2.05) is 36.4 Å². The fourth-order valence-corrected chi connectivity index (χ4v) is 3.72. The van der Waals surface area contributed by atoms with E-state index in [0.29, 0.717) is 30.8 Å². The van der Waals surface area contributed by atoms with E-state index in [1.54, 1.807) is 17.8 Å². The Morgan fingerprint density at radius 2 is 1.83 bits per heavy atom. The number of nitrogens with zero attached hydrogens (tertiary/aromatic N) is 2. The van der Waals surface area contributed by atoms with Gasteiger partial charge in [-0.2, -0.15) is 0 Å². The van der Waals surface area contributed by atoms with Gasteiger partial charge in [-0.25, -0.2) is 4.98 Å². The molecule has 2 heterocycles. The molecular formula is C22H24N4O2S. The van der Waals surface area contributed by atoms with Crippen molar-refractivity contribution in [1.29, 1.82) is 0 Å². The van der Waals surface area contributed by atoms with Crippen molar-refractivity contribution in [1.82, 2.24) is 15.3 Å². The van der Waals surface area contributed by atoms with Gasteiger partial charge >= 0.3 is 0 Å². The summed E-state index contributed by atoms with van der Waals surface area (Å²) in [6.45, 7) is 0.570. The molecule has 2 aromatic heterocycles. The van der Waals surface area contributed by atoms with Gasteiger partial charge in [0.25, 0.3) is 5.91 Å². The Hall–Kier alpha value is -3.06. The van der Waals surface area contributed by atoms with Crippen LogP contribution in [0.25, 0.3) is 10.6 Å². The highest BCUT2D eigenvalue weighted by atomic mass is 32.1. The Morgan fingerprint density at radius 1 is 1.03 bits per heavy atom. The van der Waals surface area contributed by atoms with Crippen molar-refractivity contribution >= 4 is 28.7 Å². The average Bonchev–Trinajstić information content (AvgIpc) is 3.23. The van der Waals surface area contributed by atoms with Crippen molar-refractivity contribution in [3.8, 4) is 10.6 Å². The molecule has 0 radical (unpaired) electrons. The number of aromatic nitrogens is 2. The summed E-state index contributed by atoms with van der Waals surface area (Å²) in [7, 11) is 0. The summed E-state index contributed by atoms with van der Waals surface area (Å²) in [5, 5.41) is 5.45. The number of hydrogen-bond donors (Lipinski definition) is 2. The number of pyridine rings is 1. The number of thiazole rings is 1. The van der Waals surface area contributed by atoms with Gasteiger partial charge in [-0.05, 0) is 36.6 Å². The number of benzene rings is 1. The first-order chi connectivity index (χ1) is 14.1. The summed E-state index contributed by atoms with van der Waals surface area (Å²) >= 11 is 1.44. The first-order valence-electron chi connectivity index (χ1n) is 9.62. The Labute approximate surface area is 174 Å². The van der Waals surface area contributed by atoms with Gasteiger partial charge in [0, 0.05) is 48.4 Å². The van der Waals surface area contributed by atoms with Gasteiger partial charge in [-0.15, -0.1) is 11.3 Å². The first-order valence-corrected chi connectivity index (χ1v) is 10.5. The molecule has 0 saturated carbocycles. The number of carbonyl (C=O) groups is 2. The molecule has 0 aliphatic heterocycles. The minimum atomic E-state index is -0.169. The highest BCUT2D eigenvalue weighted by molar-refractivity contribution is 7.13. The maximum absolute atomic E-state index is 12.2. The van der Waals surface area contributed by atoms with Gasteiger partial charge in [0.1, 0.15) is 16.5 Å². The quantitative estimate of drug-likeness (QED) is 0.392. The second kappa shape index (κ2) is 10.5. The number of Topliss-reactive ketones (excluding diaryl/α,β-unsaturated/α-hetero) is 1. The van der Waals surface area contributed by atoms with Gasteiger partial charge in [0.2, 0.25) is 0 Å². The van der Waals surface area contributed by atoms with Crippen LogP contribution in [0.4, 0.5) is 5.69 Å². The predicted octanol–water partition coefficient (Wildman–Crippen LogP) is 3.89. The van der Waals surface area contributed by atoms with Crippen molar-refractivity contribution in [2.24, 2.45) is 0 Å². The largest absolute Gasteiger partial charge is 0.398 e. The van der Waals surface area contributed by atoms with E-state index in [2.05, 4.69) is 15.3 Å². The molecule has 0 unspecified atom stereocenters. The molecule has 3 rings (SSSR count). The molecule has 7 heteroatoms. The number of amides is 1. The Bertz CT molecular complexity index is 956. The Kier molecular flexibility index (Phi) is 7.47. The summed E-state index contributed by atoms with van der Waals surface area (Å²) in [6.07, 6.45) is 6.84. The molecule has 0 aliphatic carbocycles. The van der Waals surface area contributed by atoms with E-state index >= 15 is 0 Å². The van der Waals surface area contributed by atoms with Crippen molar-refractivity contribution < 1.29 is 9.59 Å². The van der Waals surface area contributed by atoms with Crippen molar-refractivity contribution in [2.75, 3.05) is 12.3 Å². The lowest BCUT2D eigenvalue weighted by atomic mass is 10.0. The topological polar surface area (TPSA) is 98.0 Å². The molecule has 150 valence electrons. The molecular weight excluding hydrogens is 384 g/mol. The number of rotatable bonds is 10. The molecule has 29 heavy (non-hydrogen) atoms. The fraction of sp³-hybridized carbons (Fsp3) is 0.273. The van der Waals surface area contributed by atoms with Crippen LogP contribution in [0.5, 0.6) is 0 Å². The molecule has 0 aliphatic rings. The minimum absolute atomic E-state index is 0.169. The maximum Gasteiger partial charge on any atom is 0.270 e. The molecule has 3 aromatic rings. The molecule has 0 bridgehead atoms. The molecule has 3 N–H and O–H groups in total. The zero-order chi connectivity index (χ0) is 20.5. The smallest absolute Gasteiger partial charge is 0.270 e. The van der Waals surface area contributed by atoms with E-state index in [1.165, 1.54) is 11.3 Å². The number of nitrogens with two attached hydrogens (primary N) is 1. The normalized spacial score (nSPS) is 10.6. The molecule has 0 atom stereocenters. The number of anilines is 1. The SMILES string of the molecule is Nc1ccccc1CC(=O)CCCCCNC(=O)c1csc(-c2ccncc2)n1. The summed E-state index contributed by atoms with van der Waals surface area (Å²) in [6, 6.07) is 11.2. The standard InChI is InChI=1S/C22H24N4O2S/c23-19-8-4-3-6-17(19)14-18(27)7-2-1-5-11-25-21(28)20-15-29-22(26-20)16-9-12-24-13-10-16/h3-4,6,8-10,12-13,15H,1-2,5,7,11,14,23H2,(H,25,28). The number of unbranched alkanes of at least 4 members (excludes halogenated alkanes) is 2. The second-order valence-corrected chi connectivity index (χ2v) is 7.61. The number of para-hydroxylation sites is 1. The molecule has 1 amide bonds. The third-order valence-corrected chi connectivity index (χ3v) is 5.42. The van der Waals surface area contributed by atoms with Gasteiger partial charge in [0.05, 0.1) is 0 Å². The fourth-order valence-electron chi connectivity index (χ4n) is 2.92. The van der Waals surface area contributed by atoms with Gasteiger partial charge < -0.3 is 11.1 Å². The van der Waals surface area contributed by atoms with Crippen LogP contribution in [-0.4, -0.2) is 28.2 Å². The van der Waals surface area contributed by atoms with E-state index < -0.39 is 0 Å². The number of nitrogen functional groups attached to an aromatic ring is 1. The molecule has 1 aromatic carbocycles. The van der Waals surface area contributed by atoms with Gasteiger partial charge in [-0.1, -0.05) is 24.6 Å². The minimum Gasteiger partial charge on any atom is -0.398 e. The molecule has 6 nitrogen and oxygen atoms in total. The summed E-state index contributed by atoms with van der Waals surface area (Å²) in [5.41, 5.74) is 8.81. The van der Waals surface area contributed by atoms with E-state index in [0.717, 1.165) is 35.4 Å².